The Balaban J connectivity index is 1.67. The molecule has 1 saturated carbocycles. The van der Waals surface area contributed by atoms with Gasteiger partial charge in [0.15, 0.2) is 11.5 Å². The summed E-state index contributed by atoms with van der Waals surface area (Å²) in [5.74, 6) is 1.27. The molecule has 0 bridgehead atoms. The molecule has 1 fully saturated rings. The number of amides is 1. The lowest BCUT2D eigenvalue weighted by Crippen LogP contribution is -2.45. The van der Waals surface area contributed by atoms with Crippen LogP contribution in [0.15, 0.2) is 71.7 Å². The van der Waals surface area contributed by atoms with Crippen LogP contribution in [0, 0.1) is 5.92 Å². The molecule has 4 atom stereocenters. The first-order valence-electron chi connectivity index (χ1n) is 14.4. The quantitative estimate of drug-likeness (QED) is 0.294. The minimum absolute atomic E-state index is 0.0193. The van der Waals surface area contributed by atoms with Crippen molar-refractivity contribution < 1.29 is 23.8 Å². The molecule has 7 heteroatoms. The summed E-state index contributed by atoms with van der Waals surface area (Å²) in [4.78, 5) is 35.0. The van der Waals surface area contributed by atoms with Crippen LogP contribution in [0.5, 0.6) is 17.2 Å². The monoisotopic (exact) mass is 554 g/mol. The van der Waals surface area contributed by atoms with Crippen LogP contribution in [0.2, 0.25) is 0 Å². The van der Waals surface area contributed by atoms with Crippen molar-refractivity contribution in [3.63, 3.8) is 0 Å². The topological polar surface area (TPSA) is 77.4 Å². The van der Waals surface area contributed by atoms with Crippen LogP contribution < -0.4 is 19.1 Å². The molecular weight excluding hydrogens is 516 g/mol. The predicted octanol–water partition coefficient (Wildman–Crippen LogP) is 7.21. The van der Waals surface area contributed by atoms with Crippen molar-refractivity contribution in [2.24, 2.45) is 10.9 Å². The number of aliphatic imine (C=N–C) groups is 1. The number of ether oxygens (including phenoxy) is 3. The van der Waals surface area contributed by atoms with E-state index < -0.39 is 12.0 Å². The van der Waals surface area contributed by atoms with Crippen molar-refractivity contribution in [1.29, 1.82) is 0 Å². The largest absolute Gasteiger partial charge is 0.493 e. The van der Waals surface area contributed by atoms with Gasteiger partial charge in [-0.15, -0.1) is 0 Å². The van der Waals surface area contributed by atoms with E-state index in [4.69, 9.17) is 19.2 Å². The number of hydrogen-bond acceptors (Lipinski definition) is 6. The highest BCUT2D eigenvalue weighted by atomic mass is 16.5. The lowest BCUT2D eigenvalue weighted by atomic mass is 9.71. The average Bonchev–Trinajstić information content (AvgIpc) is 3.15. The molecule has 2 aliphatic rings. The van der Waals surface area contributed by atoms with Gasteiger partial charge in [0.25, 0.3) is 0 Å². The lowest BCUT2D eigenvalue weighted by molar-refractivity contribution is -0.123. The maximum Gasteiger partial charge on any atom is 0.227 e. The molecule has 0 N–H and O–H groups in total. The zero-order chi connectivity index (χ0) is 29.1. The van der Waals surface area contributed by atoms with Crippen LogP contribution in [0.25, 0.3) is 0 Å². The van der Waals surface area contributed by atoms with Gasteiger partial charge in [-0.25, -0.2) is 0 Å². The molecule has 3 aromatic rings. The number of nitrogens with zero attached hydrogens (tertiary/aromatic N) is 2. The number of para-hydroxylation sites is 3. The van der Waals surface area contributed by atoms with E-state index in [9.17, 15) is 9.59 Å². The number of carbonyl (C=O) groups excluding carboxylic acids is 2. The fraction of sp³-hybridized carbons (Fsp3) is 0.382. The van der Waals surface area contributed by atoms with Crippen molar-refractivity contribution in [2.45, 2.75) is 64.5 Å². The van der Waals surface area contributed by atoms with Crippen LogP contribution in [0.1, 0.15) is 69.5 Å². The fourth-order valence-corrected chi connectivity index (χ4v) is 5.95. The van der Waals surface area contributed by atoms with E-state index in [2.05, 4.69) is 6.92 Å². The number of ketones is 1. The molecule has 0 aromatic heterocycles. The third-order valence-corrected chi connectivity index (χ3v) is 8.20. The Labute approximate surface area is 242 Å². The predicted molar refractivity (Wildman–Crippen MR) is 161 cm³/mol. The third-order valence-electron chi connectivity index (χ3n) is 8.20. The van der Waals surface area contributed by atoms with Crippen LogP contribution in [0.4, 0.5) is 11.4 Å². The molecule has 1 aliphatic carbocycles. The van der Waals surface area contributed by atoms with Gasteiger partial charge in [-0.2, -0.15) is 0 Å². The second-order valence-corrected chi connectivity index (χ2v) is 10.7. The number of fused-ring (bicyclic) bond motifs is 2. The Morgan fingerprint density at radius 3 is 2.41 bits per heavy atom. The molecule has 1 heterocycles. The van der Waals surface area contributed by atoms with Gasteiger partial charge in [-0.05, 0) is 61.6 Å². The van der Waals surface area contributed by atoms with Gasteiger partial charge in [0, 0.05) is 24.1 Å². The first-order valence-corrected chi connectivity index (χ1v) is 14.4. The molecule has 0 saturated heterocycles. The molecule has 41 heavy (non-hydrogen) atoms. The van der Waals surface area contributed by atoms with Gasteiger partial charge < -0.3 is 19.1 Å². The number of Topliss-reactive ketones (excluding diaryl/α,β-unsaturated/α-hetero) is 1. The van der Waals surface area contributed by atoms with E-state index >= 15 is 0 Å². The molecule has 1 aliphatic heterocycles. The van der Waals surface area contributed by atoms with Crippen LogP contribution in [0.3, 0.4) is 0 Å². The van der Waals surface area contributed by atoms with Crippen molar-refractivity contribution >= 4 is 28.8 Å². The Morgan fingerprint density at radius 1 is 0.951 bits per heavy atom. The van der Waals surface area contributed by atoms with Gasteiger partial charge in [0.05, 0.1) is 43.7 Å². The molecule has 0 radical (unpaired) electrons. The van der Waals surface area contributed by atoms with E-state index in [1.807, 2.05) is 80.6 Å². The Hall–Kier alpha value is -4.13. The van der Waals surface area contributed by atoms with Gasteiger partial charge in [-0.1, -0.05) is 50.2 Å². The van der Waals surface area contributed by atoms with E-state index in [1.165, 1.54) is 0 Å². The number of anilines is 1. The maximum absolute atomic E-state index is 14.3. The van der Waals surface area contributed by atoms with E-state index in [0.717, 1.165) is 23.3 Å². The maximum atomic E-state index is 14.3. The molecule has 214 valence electrons. The number of benzene rings is 3. The van der Waals surface area contributed by atoms with Gasteiger partial charge in [-0.3, -0.25) is 14.6 Å². The van der Waals surface area contributed by atoms with Crippen LogP contribution >= 0.6 is 0 Å². The van der Waals surface area contributed by atoms with E-state index in [-0.39, 0.29) is 23.7 Å². The molecule has 7 nitrogen and oxygen atoms in total. The minimum Gasteiger partial charge on any atom is -0.493 e. The van der Waals surface area contributed by atoms with Crippen molar-refractivity contribution in [2.75, 3.05) is 19.1 Å². The summed E-state index contributed by atoms with van der Waals surface area (Å²) in [7, 11) is 3.22. The summed E-state index contributed by atoms with van der Waals surface area (Å²) in [6, 6.07) is 20.7. The molecule has 3 aromatic carbocycles. The van der Waals surface area contributed by atoms with Gasteiger partial charge >= 0.3 is 0 Å². The second kappa shape index (κ2) is 12.2. The molecule has 1 amide bonds. The average molecular weight is 555 g/mol. The summed E-state index contributed by atoms with van der Waals surface area (Å²) in [5.41, 5.74) is 4.00. The second-order valence-electron chi connectivity index (χ2n) is 10.7. The standard InChI is InChI=1S/C34H38N2O5/c1-6-21(3)41-29-15-11-8-12-24(29)34-33-26(35-25-13-9-10-14-27(25)36(34)32(38)7-2)18-23(19-28(33)37)22-16-17-30(39-4)31(20-22)40-5/h8-17,20-21,23,33-34H,6-7,18-19H2,1-5H3. The molecule has 5 rings (SSSR count). The summed E-state index contributed by atoms with van der Waals surface area (Å²) in [5, 5.41) is 0. The Bertz CT molecular complexity index is 1460. The minimum atomic E-state index is -0.601. The molecule has 0 spiro atoms. The van der Waals surface area contributed by atoms with Crippen molar-refractivity contribution in [3.05, 3.63) is 77.9 Å². The Morgan fingerprint density at radius 2 is 1.68 bits per heavy atom. The van der Waals surface area contributed by atoms with E-state index in [1.54, 1.807) is 19.1 Å². The number of hydrogen-bond donors (Lipinski definition) is 0. The zero-order valence-electron chi connectivity index (χ0n) is 24.4. The summed E-state index contributed by atoms with van der Waals surface area (Å²) in [6.45, 7) is 5.96. The summed E-state index contributed by atoms with van der Waals surface area (Å²) in [6.07, 6.45) is 2.02. The van der Waals surface area contributed by atoms with Crippen molar-refractivity contribution in [1.82, 2.24) is 0 Å². The lowest BCUT2D eigenvalue weighted by Gasteiger charge is -2.39. The normalized spacial score (nSPS) is 20.7. The highest BCUT2D eigenvalue weighted by molar-refractivity contribution is 6.13. The summed E-state index contributed by atoms with van der Waals surface area (Å²) >= 11 is 0. The number of carbonyl (C=O) groups is 2. The number of rotatable bonds is 8. The van der Waals surface area contributed by atoms with E-state index in [0.29, 0.717) is 47.9 Å². The van der Waals surface area contributed by atoms with Gasteiger partial charge in [0.1, 0.15) is 11.5 Å². The first-order chi connectivity index (χ1) is 19.9. The zero-order valence-corrected chi connectivity index (χ0v) is 24.4. The Kier molecular flexibility index (Phi) is 8.43. The summed E-state index contributed by atoms with van der Waals surface area (Å²) < 4.78 is 17.4. The van der Waals surface area contributed by atoms with Crippen LogP contribution in [-0.4, -0.2) is 37.7 Å². The fourth-order valence-electron chi connectivity index (χ4n) is 5.95. The third kappa shape index (κ3) is 5.45. The first kappa shape index (κ1) is 28.4. The molecule has 4 unspecified atom stereocenters. The highest BCUT2D eigenvalue weighted by Gasteiger charge is 2.47. The smallest absolute Gasteiger partial charge is 0.227 e. The van der Waals surface area contributed by atoms with Crippen LogP contribution in [-0.2, 0) is 9.59 Å². The SMILES string of the molecule is CCC(=O)N1c2ccccc2N=C2CC(c3ccc(OC)c(OC)c3)CC(=O)C2C1c1ccccc1OC(C)CC. The number of methoxy groups -OCH3 is 2. The van der Waals surface area contributed by atoms with Gasteiger partial charge in [0.2, 0.25) is 5.91 Å². The van der Waals surface area contributed by atoms with Crippen molar-refractivity contribution in [3.8, 4) is 17.2 Å². The molecular formula is C34H38N2O5. The highest BCUT2D eigenvalue weighted by Crippen LogP contribution is 2.49.